The summed E-state index contributed by atoms with van der Waals surface area (Å²) in [6.45, 7) is 3.77. The predicted octanol–water partition coefficient (Wildman–Crippen LogP) is 1.67. The van der Waals surface area contributed by atoms with Crippen LogP contribution in [0.15, 0.2) is 12.1 Å². The Hall–Kier alpha value is -1.84. The second kappa shape index (κ2) is 4.79. The molecule has 0 saturated heterocycles. The van der Waals surface area contributed by atoms with Crippen molar-refractivity contribution in [2.24, 2.45) is 0 Å². The predicted molar refractivity (Wildman–Crippen MR) is 58.8 cm³/mol. The highest BCUT2D eigenvalue weighted by atomic mass is 16.5. The van der Waals surface area contributed by atoms with Gasteiger partial charge in [0.15, 0.2) is 0 Å². The monoisotopic (exact) mass is 222 g/mol. The Morgan fingerprint density at radius 1 is 1.06 bits per heavy atom. The van der Waals surface area contributed by atoms with Gasteiger partial charge in [0, 0.05) is 0 Å². The van der Waals surface area contributed by atoms with Crippen molar-refractivity contribution >= 4 is 11.8 Å². The molecular formula is C12H14O4. The van der Waals surface area contributed by atoms with E-state index >= 15 is 0 Å². The van der Waals surface area contributed by atoms with Crippen LogP contribution in [0.2, 0.25) is 0 Å². The Kier molecular flexibility index (Phi) is 3.66. The molecule has 0 aromatic heterocycles. The molecular weight excluding hydrogens is 208 g/mol. The number of carbonyl (C=O) groups is 2. The molecule has 0 aliphatic rings. The maximum Gasteiger partial charge on any atom is 0.379 e. The van der Waals surface area contributed by atoms with E-state index in [4.69, 9.17) is 4.74 Å². The summed E-state index contributed by atoms with van der Waals surface area (Å²) < 4.78 is 9.46. The van der Waals surface area contributed by atoms with E-state index in [1.807, 2.05) is 13.8 Å². The summed E-state index contributed by atoms with van der Waals surface area (Å²) in [4.78, 5) is 22.8. The van der Waals surface area contributed by atoms with Crippen molar-refractivity contribution < 1.29 is 19.1 Å². The van der Waals surface area contributed by atoms with Crippen LogP contribution in [0, 0.1) is 13.8 Å². The lowest BCUT2D eigenvalue weighted by atomic mass is 10.0. The molecule has 4 heteroatoms. The third-order valence-electron chi connectivity index (χ3n) is 2.43. The fourth-order valence-corrected chi connectivity index (χ4v) is 1.34. The first-order chi connectivity index (χ1) is 7.51. The zero-order valence-corrected chi connectivity index (χ0v) is 9.79. The topological polar surface area (TPSA) is 52.6 Å². The van der Waals surface area contributed by atoms with Crippen molar-refractivity contribution in [3.63, 3.8) is 0 Å². The first-order valence-corrected chi connectivity index (χ1v) is 4.79. The molecule has 0 aliphatic heterocycles. The van der Waals surface area contributed by atoms with Crippen molar-refractivity contribution in [1.82, 2.24) is 0 Å². The van der Waals surface area contributed by atoms with E-state index in [9.17, 15) is 9.59 Å². The second-order valence-electron chi connectivity index (χ2n) is 3.46. The third-order valence-corrected chi connectivity index (χ3v) is 2.43. The number of Topliss-reactive ketones (excluding diaryl/α,β-unsaturated/α-hetero) is 1. The largest absolute Gasteiger partial charge is 0.496 e. The molecule has 0 spiro atoms. The number of esters is 1. The lowest BCUT2D eigenvalue weighted by Gasteiger charge is -2.09. The Labute approximate surface area is 94.2 Å². The van der Waals surface area contributed by atoms with Crippen LogP contribution < -0.4 is 4.74 Å². The maximum atomic E-state index is 11.7. The number of rotatable bonds is 3. The number of methoxy groups -OCH3 is 2. The van der Waals surface area contributed by atoms with Crippen LogP contribution in [0.4, 0.5) is 0 Å². The minimum absolute atomic E-state index is 0.234. The first kappa shape index (κ1) is 12.2. The molecule has 0 bridgehead atoms. The van der Waals surface area contributed by atoms with Gasteiger partial charge in [0.2, 0.25) is 0 Å². The molecule has 0 unspecified atom stereocenters. The van der Waals surface area contributed by atoms with Gasteiger partial charge >= 0.3 is 5.97 Å². The minimum atomic E-state index is -0.887. The normalized spacial score (nSPS) is 9.75. The van der Waals surface area contributed by atoms with E-state index in [0.717, 1.165) is 11.1 Å². The number of carbonyl (C=O) groups excluding carboxylic acids is 2. The molecule has 86 valence electrons. The van der Waals surface area contributed by atoms with Gasteiger partial charge in [-0.1, -0.05) is 0 Å². The minimum Gasteiger partial charge on any atom is -0.496 e. The molecule has 0 N–H and O–H groups in total. The van der Waals surface area contributed by atoms with E-state index in [2.05, 4.69) is 4.74 Å². The average Bonchev–Trinajstić information content (AvgIpc) is 2.30. The lowest BCUT2D eigenvalue weighted by molar-refractivity contribution is -0.135. The molecule has 1 aromatic carbocycles. The van der Waals surface area contributed by atoms with E-state index in [1.54, 1.807) is 12.1 Å². The summed E-state index contributed by atoms with van der Waals surface area (Å²) in [5, 5.41) is 0. The van der Waals surface area contributed by atoms with E-state index in [0.29, 0.717) is 5.75 Å². The van der Waals surface area contributed by atoms with Crippen LogP contribution in [-0.2, 0) is 9.53 Å². The summed E-state index contributed by atoms with van der Waals surface area (Å²) in [6, 6.07) is 3.36. The summed E-state index contributed by atoms with van der Waals surface area (Å²) in [7, 11) is 2.63. The van der Waals surface area contributed by atoms with Crippen LogP contribution >= 0.6 is 0 Å². The molecule has 4 nitrogen and oxygen atoms in total. The quantitative estimate of drug-likeness (QED) is 0.443. The summed E-state index contributed by atoms with van der Waals surface area (Å²) in [5.41, 5.74) is 2.16. The Morgan fingerprint density at radius 2 is 1.62 bits per heavy atom. The van der Waals surface area contributed by atoms with Gasteiger partial charge in [-0.25, -0.2) is 4.79 Å². The van der Waals surface area contributed by atoms with Gasteiger partial charge in [0.25, 0.3) is 5.78 Å². The Balaban J connectivity index is 3.27. The van der Waals surface area contributed by atoms with Crippen molar-refractivity contribution in [2.45, 2.75) is 13.8 Å². The highest BCUT2D eigenvalue weighted by molar-refractivity contribution is 6.41. The average molecular weight is 222 g/mol. The highest BCUT2D eigenvalue weighted by Gasteiger charge is 2.21. The molecule has 0 radical (unpaired) electrons. The number of hydrogen-bond acceptors (Lipinski definition) is 4. The van der Waals surface area contributed by atoms with Crippen molar-refractivity contribution in [1.29, 1.82) is 0 Å². The lowest BCUT2D eigenvalue weighted by Crippen LogP contribution is -2.17. The van der Waals surface area contributed by atoms with Gasteiger partial charge in [-0.05, 0) is 37.1 Å². The molecule has 1 rings (SSSR count). The smallest absolute Gasteiger partial charge is 0.379 e. The summed E-state index contributed by atoms with van der Waals surface area (Å²) in [6.07, 6.45) is 0. The molecule has 0 aliphatic carbocycles. The molecule has 1 aromatic rings. The fourth-order valence-electron chi connectivity index (χ4n) is 1.34. The van der Waals surface area contributed by atoms with Crippen molar-refractivity contribution in [2.75, 3.05) is 14.2 Å². The molecule has 0 atom stereocenters. The van der Waals surface area contributed by atoms with E-state index in [1.165, 1.54) is 14.2 Å². The number of hydrogen-bond donors (Lipinski definition) is 0. The van der Waals surface area contributed by atoms with Crippen LogP contribution in [0.1, 0.15) is 21.5 Å². The fraction of sp³-hybridized carbons (Fsp3) is 0.333. The number of benzene rings is 1. The van der Waals surface area contributed by atoms with Crippen molar-refractivity contribution in [3.05, 3.63) is 28.8 Å². The third kappa shape index (κ3) is 2.21. The second-order valence-corrected chi connectivity index (χ2v) is 3.46. The van der Waals surface area contributed by atoms with Gasteiger partial charge in [0.1, 0.15) is 5.75 Å². The number of ether oxygens (including phenoxy) is 2. The summed E-state index contributed by atoms with van der Waals surface area (Å²) >= 11 is 0. The molecule has 0 heterocycles. The molecule has 16 heavy (non-hydrogen) atoms. The number of ketones is 1. The van der Waals surface area contributed by atoms with Crippen molar-refractivity contribution in [3.8, 4) is 5.75 Å². The van der Waals surface area contributed by atoms with Gasteiger partial charge in [-0.3, -0.25) is 4.79 Å². The molecule has 0 fully saturated rings. The Bertz CT molecular complexity index is 435. The SMILES string of the molecule is COC(=O)C(=O)c1cc(C)c(C)cc1OC. The van der Waals surface area contributed by atoms with Gasteiger partial charge < -0.3 is 9.47 Å². The highest BCUT2D eigenvalue weighted by Crippen LogP contribution is 2.23. The standard InChI is InChI=1S/C12H14O4/c1-7-5-9(11(13)12(14)16-4)10(15-3)6-8(7)2/h5-6H,1-4H3. The van der Waals surface area contributed by atoms with Gasteiger partial charge in [-0.15, -0.1) is 0 Å². The van der Waals surface area contributed by atoms with Crippen LogP contribution in [0.5, 0.6) is 5.75 Å². The zero-order valence-electron chi connectivity index (χ0n) is 9.79. The van der Waals surface area contributed by atoms with E-state index in [-0.39, 0.29) is 5.56 Å². The molecule has 0 saturated carbocycles. The Morgan fingerprint density at radius 3 is 2.12 bits per heavy atom. The zero-order chi connectivity index (χ0) is 12.3. The van der Waals surface area contributed by atoms with Crippen LogP contribution in [-0.4, -0.2) is 26.0 Å². The van der Waals surface area contributed by atoms with Gasteiger partial charge in [-0.2, -0.15) is 0 Å². The van der Waals surface area contributed by atoms with Gasteiger partial charge in [0.05, 0.1) is 19.8 Å². The molecule has 0 amide bonds. The number of aryl methyl sites for hydroxylation is 2. The first-order valence-electron chi connectivity index (χ1n) is 4.79. The van der Waals surface area contributed by atoms with Crippen LogP contribution in [0.3, 0.4) is 0 Å². The van der Waals surface area contributed by atoms with Crippen LogP contribution in [0.25, 0.3) is 0 Å². The summed E-state index contributed by atoms with van der Waals surface area (Å²) in [5.74, 6) is -1.19. The maximum absolute atomic E-state index is 11.7. The van der Waals surface area contributed by atoms with E-state index < -0.39 is 11.8 Å².